The highest BCUT2D eigenvalue weighted by Crippen LogP contribution is 2.17. The normalized spacial score (nSPS) is 13.9. The molecular weight excluding hydrogens is 240 g/mol. The first kappa shape index (κ1) is 15.7. The van der Waals surface area contributed by atoms with Gasteiger partial charge in [-0.2, -0.15) is 0 Å². The van der Waals surface area contributed by atoms with Gasteiger partial charge in [0.15, 0.2) is 0 Å². The highest BCUT2D eigenvalue weighted by atomic mass is 16.5. The van der Waals surface area contributed by atoms with Crippen molar-refractivity contribution in [1.82, 2.24) is 0 Å². The Morgan fingerprint density at radius 1 is 1.37 bits per heavy atom. The Bertz CT molecular complexity index is 407. The number of carbonyl (C=O) groups is 1. The molecule has 1 aromatic carbocycles. The minimum atomic E-state index is -0.481. The van der Waals surface area contributed by atoms with Crippen molar-refractivity contribution in [3.63, 3.8) is 0 Å². The Kier molecular flexibility index (Phi) is 6.53. The van der Waals surface area contributed by atoms with Crippen molar-refractivity contribution >= 4 is 11.6 Å². The van der Waals surface area contributed by atoms with Crippen molar-refractivity contribution in [3.8, 4) is 0 Å². The van der Waals surface area contributed by atoms with E-state index in [9.17, 15) is 4.79 Å². The molecule has 3 N–H and O–H groups in total. The standard InChI is InChI=1S/C15H24N2O2/c1-4-11(3)14(16)15(18)17-13-9-7-6-8-12(13)10-19-5-2/h6-9,11,14H,4-5,10,16H2,1-3H3,(H,17,18)/t11-,14-/m0/s1. The summed E-state index contributed by atoms with van der Waals surface area (Å²) in [5.74, 6) is 0.0253. The number of nitrogens with one attached hydrogen (secondary N) is 1. The smallest absolute Gasteiger partial charge is 0.241 e. The van der Waals surface area contributed by atoms with Gasteiger partial charge in [-0.25, -0.2) is 0 Å². The van der Waals surface area contributed by atoms with Crippen LogP contribution in [0.3, 0.4) is 0 Å². The van der Waals surface area contributed by atoms with E-state index in [-0.39, 0.29) is 11.8 Å². The first-order valence-electron chi connectivity index (χ1n) is 6.82. The molecule has 1 aromatic rings. The zero-order chi connectivity index (χ0) is 14.3. The zero-order valence-electron chi connectivity index (χ0n) is 12.0. The fourth-order valence-electron chi connectivity index (χ4n) is 1.71. The number of para-hydroxylation sites is 1. The summed E-state index contributed by atoms with van der Waals surface area (Å²) in [6.07, 6.45) is 0.884. The first-order chi connectivity index (χ1) is 9.10. The van der Waals surface area contributed by atoms with Crippen LogP contribution in [0.2, 0.25) is 0 Å². The van der Waals surface area contributed by atoms with E-state index in [1.807, 2.05) is 45.0 Å². The molecule has 4 heteroatoms. The molecule has 4 nitrogen and oxygen atoms in total. The molecule has 0 spiro atoms. The van der Waals surface area contributed by atoms with Crippen LogP contribution in [-0.2, 0) is 16.1 Å². The van der Waals surface area contributed by atoms with Crippen LogP contribution in [0.4, 0.5) is 5.69 Å². The minimum Gasteiger partial charge on any atom is -0.377 e. The van der Waals surface area contributed by atoms with Gasteiger partial charge in [0, 0.05) is 17.9 Å². The molecule has 0 aliphatic carbocycles. The topological polar surface area (TPSA) is 64.3 Å². The number of benzene rings is 1. The van der Waals surface area contributed by atoms with Crippen LogP contribution < -0.4 is 11.1 Å². The van der Waals surface area contributed by atoms with Crippen molar-refractivity contribution in [2.45, 2.75) is 39.8 Å². The first-order valence-corrected chi connectivity index (χ1v) is 6.82. The Morgan fingerprint density at radius 3 is 2.68 bits per heavy atom. The van der Waals surface area contributed by atoms with Crippen LogP contribution in [0.15, 0.2) is 24.3 Å². The second kappa shape index (κ2) is 7.92. The predicted octanol–water partition coefficient (Wildman–Crippen LogP) is 2.54. The van der Waals surface area contributed by atoms with Crippen molar-refractivity contribution in [1.29, 1.82) is 0 Å². The fraction of sp³-hybridized carbons (Fsp3) is 0.533. The van der Waals surface area contributed by atoms with E-state index >= 15 is 0 Å². The SMILES string of the molecule is CCOCc1ccccc1NC(=O)[C@@H](N)[C@@H](C)CC. The fourth-order valence-corrected chi connectivity index (χ4v) is 1.71. The Morgan fingerprint density at radius 2 is 2.05 bits per heavy atom. The number of hydrogen-bond donors (Lipinski definition) is 2. The van der Waals surface area contributed by atoms with E-state index in [0.717, 1.165) is 17.7 Å². The number of nitrogens with two attached hydrogens (primary N) is 1. The zero-order valence-corrected chi connectivity index (χ0v) is 12.0. The van der Waals surface area contributed by atoms with Crippen molar-refractivity contribution in [2.75, 3.05) is 11.9 Å². The predicted molar refractivity (Wildman–Crippen MR) is 77.8 cm³/mol. The summed E-state index contributed by atoms with van der Waals surface area (Å²) in [4.78, 5) is 12.1. The van der Waals surface area contributed by atoms with Gasteiger partial charge >= 0.3 is 0 Å². The average molecular weight is 264 g/mol. The molecule has 19 heavy (non-hydrogen) atoms. The molecular formula is C15H24N2O2. The largest absolute Gasteiger partial charge is 0.377 e. The van der Waals surface area contributed by atoms with Crippen LogP contribution in [0.1, 0.15) is 32.8 Å². The molecule has 0 aromatic heterocycles. The number of amides is 1. The molecule has 0 aliphatic heterocycles. The summed E-state index contributed by atoms with van der Waals surface area (Å²) in [5, 5.41) is 2.89. The molecule has 2 atom stereocenters. The molecule has 106 valence electrons. The lowest BCUT2D eigenvalue weighted by molar-refractivity contribution is -0.118. The Hall–Kier alpha value is -1.39. The summed E-state index contributed by atoms with van der Waals surface area (Å²) in [5.41, 5.74) is 7.67. The van der Waals surface area contributed by atoms with Crippen molar-refractivity contribution < 1.29 is 9.53 Å². The van der Waals surface area contributed by atoms with Crippen molar-refractivity contribution in [2.24, 2.45) is 11.7 Å². The lowest BCUT2D eigenvalue weighted by Gasteiger charge is -2.19. The van der Waals surface area contributed by atoms with E-state index in [4.69, 9.17) is 10.5 Å². The lowest BCUT2D eigenvalue weighted by atomic mass is 9.99. The summed E-state index contributed by atoms with van der Waals surface area (Å²) in [6.45, 7) is 7.09. The molecule has 1 rings (SSSR count). The summed E-state index contributed by atoms with van der Waals surface area (Å²) in [7, 11) is 0. The van der Waals surface area contributed by atoms with Gasteiger partial charge in [-0.3, -0.25) is 4.79 Å². The minimum absolute atomic E-state index is 0.140. The van der Waals surface area contributed by atoms with E-state index in [1.54, 1.807) is 0 Å². The van der Waals surface area contributed by atoms with E-state index < -0.39 is 6.04 Å². The molecule has 0 saturated carbocycles. The number of carbonyl (C=O) groups excluding carboxylic acids is 1. The number of anilines is 1. The number of ether oxygens (including phenoxy) is 1. The Balaban J connectivity index is 2.73. The van der Waals surface area contributed by atoms with Gasteiger partial charge in [-0.15, -0.1) is 0 Å². The van der Waals surface area contributed by atoms with Gasteiger partial charge in [-0.1, -0.05) is 38.5 Å². The van der Waals surface area contributed by atoms with Gasteiger partial charge in [0.2, 0.25) is 5.91 Å². The molecule has 0 bridgehead atoms. The molecule has 0 radical (unpaired) electrons. The second-order valence-corrected chi connectivity index (χ2v) is 4.69. The molecule has 0 aliphatic rings. The van der Waals surface area contributed by atoms with Crippen molar-refractivity contribution in [3.05, 3.63) is 29.8 Å². The van der Waals surface area contributed by atoms with Gasteiger partial charge in [-0.05, 0) is 18.9 Å². The van der Waals surface area contributed by atoms with Gasteiger partial charge in [0.25, 0.3) is 0 Å². The summed E-state index contributed by atoms with van der Waals surface area (Å²) < 4.78 is 5.39. The third-order valence-electron chi connectivity index (χ3n) is 3.30. The van der Waals surface area contributed by atoms with Crippen LogP contribution in [0.25, 0.3) is 0 Å². The quantitative estimate of drug-likeness (QED) is 0.795. The van der Waals surface area contributed by atoms with Crippen LogP contribution >= 0.6 is 0 Å². The second-order valence-electron chi connectivity index (χ2n) is 4.69. The highest BCUT2D eigenvalue weighted by Gasteiger charge is 2.20. The lowest BCUT2D eigenvalue weighted by Crippen LogP contribution is -2.40. The maximum absolute atomic E-state index is 12.1. The third-order valence-corrected chi connectivity index (χ3v) is 3.30. The molecule has 0 saturated heterocycles. The van der Waals surface area contributed by atoms with E-state index in [1.165, 1.54) is 0 Å². The van der Waals surface area contributed by atoms with Gasteiger partial charge in [0.1, 0.15) is 0 Å². The maximum atomic E-state index is 12.1. The maximum Gasteiger partial charge on any atom is 0.241 e. The van der Waals surface area contributed by atoms with Crippen LogP contribution in [-0.4, -0.2) is 18.6 Å². The molecule has 0 fully saturated rings. The van der Waals surface area contributed by atoms with Gasteiger partial charge in [0.05, 0.1) is 12.6 Å². The summed E-state index contributed by atoms with van der Waals surface area (Å²) in [6, 6.07) is 7.15. The monoisotopic (exact) mass is 264 g/mol. The summed E-state index contributed by atoms with van der Waals surface area (Å²) >= 11 is 0. The van der Waals surface area contributed by atoms with E-state index in [2.05, 4.69) is 5.32 Å². The number of rotatable bonds is 7. The van der Waals surface area contributed by atoms with Crippen LogP contribution in [0.5, 0.6) is 0 Å². The van der Waals surface area contributed by atoms with Crippen LogP contribution in [0, 0.1) is 5.92 Å². The van der Waals surface area contributed by atoms with Gasteiger partial charge < -0.3 is 15.8 Å². The molecule has 1 amide bonds. The molecule has 0 heterocycles. The average Bonchev–Trinajstić information content (AvgIpc) is 2.44. The Labute approximate surface area is 115 Å². The highest BCUT2D eigenvalue weighted by molar-refractivity contribution is 5.95. The molecule has 0 unspecified atom stereocenters. The third kappa shape index (κ3) is 4.65. The van der Waals surface area contributed by atoms with E-state index in [0.29, 0.717) is 13.2 Å². The number of hydrogen-bond acceptors (Lipinski definition) is 3.